The summed E-state index contributed by atoms with van der Waals surface area (Å²) in [6.45, 7) is 11.5. The maximum Gasteiger partial charge on any atom is 0.416 e. The van der Waals surface area contributed by atoms with Gasteiger partial charge in [0.2, 0.25) is 0 Å². The van der Waals surface area contributed by atoms with Crippen molar-refractivity contribution in [2.45, 2.75) is 66.0 Å². The minimum Gasteiger partial charge on any atom is -0.443 e. The summed E-state index contributed by atoms with van der Waals surface area (Å²) in [6, 6.07) is 4.00. The number of nitrogens with zero attached hydrogens (tertiary/aromatic N) is 6. The molecule has 1 atom stereocenters. The number of aryl methyl sites for hydroxylation is 3. The highest BCUT2D eigenvalue weighted by atomic mass is 16.6. The predicted octanol–water partition coefficient (Wildman–Crippen LogP) is 4.38. The van der Waals surface area contributed by atoms with Gasteiger partial charge in [-0.3, -0.25) is 9.88 Å². The van der Waals surface area contributed by atoms with Gasteiger partial charge >= 0.3 is 6.09 Å². The van der Waals surface area contributed by atoms with Gasteiger partial charge in [-0.1, -0.05) is 6.07 Å². The van der Waals surface area contributed by atoms with Crippen molar-refractivity contribution in [3.8, 4) is 0 Å². The maximum atomic E-state index is 12.9. The molecule has 162 valence electrons. The van der Waals surface area contributed by atoms with Crippen LogP contribution in [-0.4, -0.2) is 42.3 Å². The molecular formula is C23H28N6O2. The van der Waals surface area contributed by atoms with Gasteiger partial charge in [-0.25, -0.2) is 19.3 Å². The van der Waals surface area contributed by atoms with Gasteiger partial charge < -0.3 is 4.74 Å². The first-order valence-electron chi connectivity index (χ1n) is 10.5. The molecule has 3 aromatic rings. The van der Waals surface area contributed by atoms with Crippen LogP contribution < -0.4 is 4.90 Å². The first kappa shape index (κ1) is 21.0. The molecule has 0 aromatic carbocycles. The third-order valence-electron chi connectivity index (χ3n) is 5.20. The lowest BCUT2D eigenvalue weighted by molar-refractivity contribution is 0.0562. The minimum atomic E-state index is -0.564. The van der Waals surface area contributed by atoms with E-state index in [2.05, 4.69) is 15.1 Å². The molecule has 0 N–H and O–H groups in total. The number of carbonyl (C=O) groups is 1. The van der Waals surface area contributed by atoms with Crippen molar-refractivity contribution < 1.29 is 9.53 Å². The van der Waals surface area contributed by atoms with Gasteiger partial charge in [0, 0.05) is 12.2 Å². The van der Waals surface area contributed by atoms with Crippen LogP contribution in [-0.2, 0) is 11.2 Å². The second kappa shape index (κ2) is 7.76. The number of fused-ring (bicyclic) bond motifs is 2. The Morgan fingerprint density at radius 2 is 1.97 bits per heavy atom. The molecule has 0 radical (unpaired) electrons. The molecule has 0 aliphatic carbocycles. The average Bonchev–Trinajstić information content (AvgIpc) is 3.13. The van der Waals surface area contributed by atoms with Crippen molar-refractivity contribution in [1.29, 1.82) is 0 Å². The van der Waals surface area contributed by atoms with Gasteiger partial charge in [-0.2, -0.15) is 0 Å². The highest BCUT2D eigenvalue weighted by Gasteiger charge is 2.33. The van der Waals surface area contributed by atoms with Gasteiger partial charge in [0.05, 0.1) is 17.1 Å². The molecule has 0 saturated heterocycles. The molecule has 1 unspecified atom stereocenters. The number of ether oxygens (including phenoxy) is 1. The van der Waals surface area contributed by atoms with Crippen molar-refractivity contribution in [2.75, 3.05) is 4.90 Å². The van der Waals surface area contributed by atoms with Crippen LogP contribution in [0.15, 0.2) is 18.3 Å². The molecule has 8 heteroatoms. The zero-order valence-electron chi connectivity index (χ0n) is 18.9. The van der Waals surface area contributed by atoms with Crippen molar-refractivity contribution in [3.05, 3.63) is 46.8 Å². The lowest BCUT2D eigenvalue weighted by Crippen LogP contribution is -2.45. The minimum absolute atomic E-state index is 0.0210. The molecule has 1 aliphatic heterocycles. The first-order valence-corrected chi connectivity index (χ1v) is 10.5. The summed E-state index contributed by atoms with van der Waals surface area (Å²) in [5, 5.41) is 4.54. The van der Waals surface area contributed by atoms with Crippen LogP contribution >= 0.6 is 0 Å². The van der Waals surface area contributed by atoms with Gasteiger partial charge in [0.15, 0.2) is 11.5 Å². The quantitative estimate of drug-likeness (QED) is 0.611. The Morgan fingerprint density at radius 1 is 1.19 bits per heavy atom. The summed E-state index contributed by atoms with van der Waals surface area (Å²) >= 11 is 0. The first-order chi connectivity index (χ1) is 14.6. The molecule has 0 fully saturated rings. The van der Waals surface area contributed by atoms with E-state index < -0.39 is 5.60 Å². The fourth-order valence-electron chi connectivity index (χ4n) is 3.61. The third-order valence-corrected chi connectivity index (χ3v) is 5.20. The van der Waals surface area contributed by atoms with E-state index in [1.807, 2.05) is 65.8 Å². The molecule has 31 heavy (non-hydrogen) atoms. The molecule has 0 bridgehead atoms. The van der Waals surface area contributed by atoms with Crippen LogP contribution in [0.1, 0.15) is 62.6 Å². The van der Waals surface area contributed by atoms with Crippen molar-refractivity contribution in [2.24, 2.45) is 0 Å². The summed E-state index contributed by atoms with van der Waals surface area (Å²) in [6.07, 6.45) is 6.86. The molecule has 4 heterocycles. The number of hydrogen-bond acceptors (Lipinski definition) is 6. The normalized spacial score (nSPS) is 16.7. The monoisotopic (exact) mass is 420 g/mol. The van der Waals surface area contributed by atoms with Crippen LogP contribution in [0.25, 0.3) is 17.8 Å². The third kappa shape index (κ3) is 4.28. The van der Waals surface area contributed by atoms with E-state index >= 15 is 0 Å². The zero-order chi connectivity index (χ0) is 22.3. The maximum absolute atomic E-state index is 12.9. The highest BCUT2D eigenvalue weighted by Crippen LogP contribution is 2.31. The van der Waals surface area contributed by atoms with E-state index in [-0.39, 0.29) is 12.1 Å². The Balaban J connectivity index is 1.65. The van der Waals surface area contributed by atoms with E-state index in [4.69, 9.17) is 9.72 Å². The summed E-state index contributed by atoms with van der Waals surface area (Å²) in [7, 11) is 0. The molecule has 1 amide bonds. The lowest BCUT2D eigenvalue weighted by atomic mass is 10.00. The Morgan fingerprint density at radius 3 is 2.68 bits per heavy atom. The second-order valence-corrected chi connectivity index (χ2v) is 8.98. The van der Waals surface area contributed by atoms with Gasteiger partial charge in [-0.05, 0) is 78.2 Å². The summed E-state index contributed by atoms with van der Waals surface area (Å²) in [4.78, 5) is 28.2. The van der Waals surface area contributed by atoms with Crippen LogP contribution in [0.3, 0.4) is 0 Å². The standard InChI is InChI=1S/C23H28N6O2/c1-14-7-8-17-9-10-18(25-21(17)28(14)22(30)31-23(4,5)6)11-12-19-26-20-16(3)24-13-15(2)29(20)27-19/h9-14H,7-8H2,1-6H3. The number of rotatable bonds is 2. The van der Waals surface area contributed by atoms with Crippen LogP contribution in [0.2, 0.25) is 0 Å². The van der Waals surface area contributed by atoms with E-state index in [0.717, 1.165) is 41.1 Å². The highest BCUT2D eigenvalue weighted by molar-refractivity contribution is 5.89. The van der Waals surface area contributed by atoms with Crippen molar-refractivity contribution in [3.63, 3.8) is 0 Å². The SMILES string of the molecule is Cc1ncc(C)n2nc(C=Cc3ccc4c(n3)N(C(=O)OC(C)(C)C)C(C)CC4)nc12. The largest absolute Gasteiger partial charge is 0.443 e. The fraction of sp³-hybridized carbons (Fsp3) is 0.435. The molecule has 4 rings (SSSR count). The predicted molar refractivity (Wildman–Crippen MR) is 120 cm³/mol. The fourth-order valence-corrected chi connectivity index (χ4v) is 3.61. The number of amides is 1. The van der Waals surface area contributed by atoms with Gasteiger partial charge in [0.1, 0.15) is 11.4 Å². The zero-order valence-corrected chi connectivity index (χ0v) is 18.9. The lowest BCUT2D eigenvalue weighted by Gasteiger charge is -2.35. The number of hydrogen-bond donors (Lipinski definition) is 0. The van der Waals surface area contributed by atoms with E-state index in [1.54, 1.807) is 15.6 Å². The number of pyridine rings is 1. The Kier molecular flexibility index (Phi) is 5.24. The summed E-state index contributed by atoms with van der Waals surface area (Å²) < 4.78 is 7.42. The Bertz CT molecular complexity index is 1140. The number of carbonyl (C=O) groups excluding carboxylic acids is 1. The Hall–Kier alpha value is -3.29. The van der Waals surface area contributed by atoms with E-state index in [0.29, 0.717) is 11.6 Å². The van der Waals surface area contributed by atoms with Crippen molar-refractivity contribution in [1.82, 2.24) is 24.6 Å². The smallest absolute Gasteiger partial charge is 0.416 e. The van der Waals surface area contributed by atoms with Crippen molar-refractivity contribution >= 4 is 29.7 Å². The van der Waals surface area contributed by atoms with Crippen LogP contribution in [0.4, 0.5) is 10.6 Å². The molecule has 0 spiro atoms. The van der Waals surface area contributed by atoms with Crippen LogP contribution in [0.5, 0.6) is 0 Å². The molecular weight excluding hydrogens is 392 g/mol. The average molecular weight is 421 g/mol. The molecule has 3 aromatic heterocycles. The van der Waals surface area contributed by atoms with Gasteiger partial charge in [-0.15, -0.1) is 5.10 Å². The van der Waals surface area contributed by atoms with Crippen LogP contribution in [0, 0.1) is 13.8 Å². The van der Waals surface area contributed by atoms with E-state index in [1.165, 1.54) is 0 Å². The molecule has 1 aliphatic rings. The molecule has 0 saturated carbocycles. The summed E-state index contributed by atoms with van der Waals surface area (Å²) in [5.74, 6) is 1.24. The second-order valence-electron chi connectivity index (χ2n) is 8.98. The summed E-state index contributed by atoms with van der Waals surface area (Å²) in [5.41, 5.74) is 3.69. The number of aromatic nitrogens is 5. The van der Waals surface area contributed by atoms with Gasteiger partial charge in [0.25, 0.3) is 0 Å². The molecule has 8 nitrogen and oxygen atoms in total. The Labute approximate surface area is 182 Å². The number of anilines is 1. The van der Waals surface area contributed by atoms with E-state index in [9.17, 15) is 4.79 Å². The topological polar surface area (TPSA) is 85.5 Å².